The van der Waals surface area contributed by atoms with E-state index in [-0.39, 0.29) is 17.7 Å². The average molecular weight is 372 g/mol. The van der Waals surface area contributed by atoms with Crippen LogP contribution < -0.4 is 4.74 Å². The Bertz CT molecular complexity index is 665. The highest BCUT2D eigenvalue weighted by Gasteiger charge is 2.31. The van der Waals surface area contributed by atoms with E-state index < -0.39 is 0 Å². The fourth-order valence-electron chi connectivity index (χ4n) is 3.54. The minimum absolute atomic E-state index is 0.0386. The van der Waals surface area contributed by atoms with Crippen LogP contribution >= 0.6 is 0 Å². The molecule has 0 aromatic heterocycles. The Kier molecular flexibility index (Phi) is 6.87. The van der Waals surface area contributed by atoms with Crippen LogP contribution in [-0.4, -0.2) is 67.6 Å². The van der Waals surface area contributed by atoms with Crippen molar-refractivity contribution >= 4 is 17.9 Å². The molecule has 3 rings (SSSR count). The van der Waals surface area contributed by atoms with E-state index in [1.807, 2.05) is 42.2 Å². The van der Waals surface area contributed by atoms with Crippen LogP contribution in [0.3, 0.4) is 0 Å². The van der Waals surface area contributed by atoms with Crippen LogP contribution in [0.4, 0.5) is 0 Å². The normalized spacial score (nSPS) is 20.7. The third kappa shape index (κ3) is 5.32. The molecule has 1 unspecified atom stereocenters. The van der Waals surface area contributed by atoms with Gasteiger partial charge in [0.25, 0.3) is 0 Å². The summed E-state index contributed by atoms with van der Waals surface area (Å²) in [4.78, 5) is 28.9. The molecule has 0 spiro atoms. The van der Waals surface area contributed by atoms with Crippen molar-refractivity contribution in [2.75, 3.05) is 46.0 Å². The largest absolute Gasteiger partial charge is 0.494 e. The lowest BCUT2D eigenvalue weighted by atomic mass is 9.96. The zero-order valence-corrected chi connectivity index (χ0v) is 15.9. The van der Waals surface area contributed by atoms with Gasteiger partial charge in [0, 0.05) is 32.3 Å². The van der Waals surface area contributed by atoms with E-state index in [0.29, 0.717) is 46.0 Å². The summed E-state index contributed by atoms with van der Waals surface area (Å²) in [6.07, 6.45) is 5.12. The SMILES string of the molecule is CCOc1ccc(/C=C/C(=O)N2CCCC(C(=O)N3CCOCC3)C2)cc1. The first kappa shape index (κ1) is 19.4. The summed E-state index contributed by atoms with van der Waals surface area (Å²) in [7, 11) is 0. The minimum Gasteiger partial charge on any atom is -0.494 e. The van der Waals surface area contributed by atoms with Gasteiger partial charge in [0.15, 0.2) is 0 Å². The fraction of sp³-hybridized carbons (Fsp3) is 0.524. The molecule has 0 N–H and O–H groups in total. The smallest absolute Gasteiger partial charge is 0.246 e. The van der Waals surface area contributed by atoms with Gasteiger partial charge in [0.05, 0.1) is 25.7 Å². The molecule has 2 heterocycles. The van der Waals surface area contributed by atoms with Crippen molar-refractivity contribution < 1.29 is 19.1 Å². The zero-order valence-electron chi connectivity index (χ0n) is 15.9. The van der Waals surface area contributed by atoms with E-state index in [1.165, 1.54) is 0 Å². The van der Waals surface area contributed by atoms with Gasteiger partial charge in [-0.15, -0.1) is 0 Å². The predicted molar refractivity (Wildman–Crippen MR) is 103 cm³/mol. The second-order valence-electron chi connectivity index (χ2n) is 6.90. The first-order valence-corrected chi connectivity index (χ1v) is 9.73. The van der Waals surface area contributed by atoms with Gasteiger partial charge in [-0.05, 0) is 43.5 Å². The number of morpholine rings is 1. The van der Waals surface area contributed by atoms with Crippen molar-refractivity contribution in [3.05, 3.63) is 35.9 Å². The van der Waals surface area contributed by atoms with Gasteiger partial charge in [-0.3, -0.25) is 9.59 Å². The highest BCUT2D eigenvalue weighted by molar-refractivity contribution is 5.92. The van der Waals surface area contributed by atoms with E-state index in [0.717, 1.165) is 24.2 Å². The predicted octanol–water partition coefficient (Wildman–Crippen LogP) is 2.20. The van der Waals surface area contributed by atoms with Crippen LogP contribution in [0.15, 0.2) is 30.3 Å². The number of nitrogens with zero attached hydrogens (tertiary/aromatic N) is 2. The third-order valence-corrected chi connectivity index (χ3v) is 5.01. The van der Waals surface area contributed by atoms with Crippen molar-refractivity contribution in [2.24, 2.45) is 5.92 Å². The van der Waals surface area contributed by atoms with Gasteiger partial charge < -0.3 is 19.3 Å². The first-order valence-electron chi connectivity index (χ1n) is 9.73. The topological polar surface area (TPSA) is 59.1 Å². The van der Waals surface area contributed by atoms with E-state index in [2.05, 4.69) is 0 Å². The number of benzene rings is 1. The van der Waals surface area contributed by atoms with Crippen molar-refractivity contribution in [1.82, 2.24) is 9.80 Å². The highest BCUT2D eigenvalue weighted by atomic mass is 16.5. The summed E-state index contributed by atoms with van der Waals surface area (Å²) < 4.78 is 10.7. The second kappa shape index (κ2) is 9.55. The Labute approximate surface area is 160 Å². The van der Waals surface area contributed by atoms with E-state index in [4.69, 9.17) is 9.47 Å². The number of carbonyl (C=O) groups excluding carboxylic acids is 2. The second-order valence-corrected chi connectivity index (χ2v) is 6.90. The maximum Gasteiger partial charge on any atom is 0.246 e. The molecular weight excluding hydrogens is 344 g/mol. The standard InChI is InChI=1S/C21H28N2O4/c1-2-27-19-8-5-17(6-9-19)7-10-20(24)23-11-3-4-18(16-23)21(25)22-12-14-26-15-13-22/h5-10,18H,2-4,11-16H2,1H3/b10-7+. The number of hydrogen-bond donors (Lipinski definition) is 0. The Morgan fingerprint density at radius 1 is 1.15 bits per heavy atom. The number of carbonyl (C=O) groups is 2. The summed E-state index contributed by atoms with van der Waals surface area (Å²) in [5.74, 6) is 0.843. The van der Waals surface area contributed by atoms with Crippen molar-refractivity contribution in [1.29, 1.82) is 0 Å². The lowest BCUT2D eigenvalue weighted by molar-refractivity contribution is -0.143. The molecule has 6 nitrogen and oxygen atoms in total. The summed E-state index contributed by atoms with van der Waals surface area (Å²) >= 11 is 0. The molecule has 2 aliphatic rings. The van der Waals surface area contributed by atoms with E-state index in [9.17, 15) is 9.59 Å². The molecule has 146 valence electrons. The molecule has 1 atom stereocenters. The molecule has 2 saturated heterocycles. The number of ether oxygens (including phenoxy) is 2. The number of amides is 2. The molecule has 0 saturated carbocycles. The molecule has 27 heavy (non-hydrogen) atoms. The van der Waals surface area contributed by atoms with Gasteiger partial charge in [-0.2, -0.15) is 0 Å². The summed E-state index contributed by atoms with van der Waals surface area (Å²) in [5, 5.41) is 0. The molecule has 0 bridgehead atoms. The van der Waals surface area contributed by atoms with Crippen LogP contribution in [-0.2, 0) is 14.3 Å². The highest BCUT2D eigenvalue weighted by Crippen LogP contribution is 2.20. The molecule has 1 aromatic carbocycles. The first-order chi connectivity index (χ1) is 13.2. The van der Waals surface area contributed by atoms with Gasteiger partial charge >= 0.3 is 0 Å². The van der Waals surface area contributed by atoms with Gasteiger partial charge in [0.2, 0.25) is 11.8 Å². The number of rotatable bonds is 5. The van der Waals surface area contributed by atoms with Crippen LogP contribution in [0.2, 0.25) is 0 Å². The quantitative estimate of drug-likeness (QED) is 0.744. The summed E-state index contributed by atoms with van der Waals surface area (Å²) in [6, 6.07) is 7.64. The number of piperidine rings is 1. The van der Waals surface area contributed by atoms with E-state index >= 15 is 0 Å². The molecule has 2 aliphatic heterocycles. The lowest BCUT2D eigenvalue weighted by Crippen LogP contribution is -2.49. The van der Waals surface area contributed by atoms with Crippen LogP contribution in [0.1, 0.15) is 25.3 Å². The molecule has 0 radical (unpaired) electrons. The maximum absolute atomic E-state index is 12.7. The number of hydrogen-bond acceptors (Lipinski definition) is 4. The molecule has 2 amide bonds. The third-order valence-electron chi connectivity index (χ3n) is 5.01. The van der Waals surface area contributed by atoms with Crippen LogP contribution in [0.25, 0.3) is 6.08 Å². The Morgan fingerprint density at radius 3 is 2.59 bits per heavy atom. The number of likely N-dealkylation sites (tertiary alicyclic amines) is 1. The Hall–Kier alpha value is -2.34. The average Bonchev–Trinajstić information content (AvgIpc) is 2.73. The zero-order chi connectivity index (χ0) is 19.1. The minimum atomic E-state index is -0.0975. The van der Waals surface area contributed by atoms with Crippen molar-refractivity contribution in [3.63, 3.8) is 0 Å². The molecule has 0 aliphatic carbocycles. The lowest BCUT2D eigenvalue weighted by Gasteiger charge is -2.35. The molecule has 6 heteroatoms. The van der Waals surface area contributed by atoms with Crippen LogP contribution in [0.5, 0.6) is 5.75 Å². The maximum atomic E-state index is 12.7. The van der Waals surface area contributed by atoms with E-state index in [1.54, 1.807) is 11.0 Å². The Balaban J connectivity index is 1.55. The molecule has 1 aromatic rings. The van der Waals surface area contributed by atoms with Crippen LogP contribution in [0, 0.1) is 5.92 Å². The Morgan fingerprint density at radius 2 is 1.89 bits per heavy atom. The van der Waals surface area contributed by atoms with Crippen molar-refractivity contribution in [2.45, 2.75) is 19.8 Å². The molecular formula is C21H28N2O4. The fourth-order valence-corrected chi connectivity index (χ4v) is 3.54. The monoisotopic (exact) mass is 372 g/mol. The van der Waals surface area contributed by atoms with Gasteiger partial charge in [-0.25, -0.2) is 0 Å². The van der Waals surface area contributed by atoms with Gasteiger partial charge in [-0.1, -0.05) is 12.1 Å². The molecule has 2 fully saturated rings. The summed E-state index contributed by atoms with van der Waals surface area (Å²) in [6.45, 7) is 6.30. The van der Waals surface area contributed by atoms with Gasteiger partial charge in [0.1, 0.15) is 5.75 Å². The van der Waals surface area contributed by atoms with Crippen molar-refractivity contribution in [3.8, 4) is 5.75 Å². The summed E-state index contributed by atoms with van der Waals surface area (Å²) in [5.41, 5.74) is 0.949.